The van der Waals surface area contributed by atoms with Gasteiger partial charge in [-0.05, 0) is 37.0 Å². The summed E-state index contributed by atoms with van der Waals surface area (Å²) in [4.78, 5) is 14.4. The summed E-state index contributed by atoms with van der Waals surface area (Å²) >= 11 is 0. The van der Waals surface area contributed by atoms with Crippen LogP contribution in [0.1, 0.15) is 27.9 Å². The topological polar surface area (TPSA) is 57.7 Å². The van der Waals surface area contributed by atoms with Crippen LogP contribution in [-0.4, -0.2) is 55.5 Å². The molecular formula is C21H26N2O3S. The molecule has 0 radical (unpaired) electrons. The molecule has 3 rings (SSSR count). The first-order valence-electron chi connectivity index (χ1n) is 9.34. The molecule has 0 bridgehead atoms. The molecule has 1 aliphatic rings. The Bertz CT molecular complexity index is 873. The van der Waals surface area contributed by atoms with Crippen LogP contribution in [0.2, 0.25) is 0 Å². The fourth-order valence-electron chi connectivity index (χ4n) is 3.39. The van der Waals surface area contributed by atoms with Gasteiger partial charge in [-0.2, -0.15) is 4.31 Å². The largest absolute Gasteiger partial charge is 0.336 e. The highest BCUT2D eigenvalue weighted by Crippen LogP contribution is 2.15. The smallest absolute Gasteiger partial charge is 0.254 e. The quantitative estimate of drug-likeness (QED) is 0.767. The summed E-state index contributed by atoms with van der Waals surface area (Å²) in [6, 6.07) is 17.4. The van der Waals surface area contributed by atoms with Gasteiger partial charge in [-0.25, -0.2) is 8.42 Å². The summed E-state index contributed by atoms with van der Waals surface area (Å²) in [5.74, 6) is 0.127. The van der Waals surface area contributed by atoms with Crippen molar-refractivity contribution in [3.8, 4) is 0 Å². The van der Waals surface area contributed by atoms with Gasteiger partial charge in [0.05, 0.1) is 5.75 Å². The van der Waals surface area contributed by atoms with Crippen molar-refractivity contribution in [1.29, 1.82) is 0 Å². The van der Waals surface area contributed by atoms with E-state index in [1.165, 1.54) is 4.31 Å². The Morgan fingerprint density at radius 1 is 0.926 bits per heavy atom. The van der Waals surface area contributed by atoms with E-state index in [4.69, 9.17) is 0 Å². The van der Waals surface area contributed by atoms with Gasteiger partial charge in [0.1, 0.15) is 0 Å². The molecule has 144 valence electrons. The summed E-state index contributed by atoms with van der Waals surface area (Å²) < 4.78 is 26.7. The van der Waals surface area contributed by atoms with E-state index in [0.29, 0.717) is 38.2 Å². The Kier molecular flexibility index (Phi) is 6.29. The van der Waals surface area contributed by atoms with Crippen LogP contribution in [0.5, 0.6) is 0 Å². The fourth-order valence-corrected chi connectivity index (χ4v) is 4.87. The molecule has 0 aromatic heterocycles. The zero-order chi connectivity index (χ0) is 19.3. The van der Waals surface area contributed by atoms with Crippen LogP contribution in [-0.2, 0) is 16.4 Å². The van der Waals surface area contributed by atoms with E-state index in [1.54, 1.807) is 4.90 Å². The summed E-state index contributed by atoms with van der Waals surface area (Å²) in [6.07, 6.45) is 1.36. The summed E-state index contributed by atoms with van der Waals surface area (Å²) in [6.45, 7) is 3.52. The van der Waals surface area contributed by atoms with Crippen LogP contribution < -0.4 is 0 Å². The first kappa shape index (κ1) is 19.6. The molecule has 1 saturated heterocycles. The maximum absolute atomic E-state index is 12.7. The molecule has 27 heavy (non-hydrogen) atoms. The number of amides is 1. The monoisotopic (exact) mass is 386 g/mol. The van der Waals surface area contributed by atoms with E-state index < -0.39 is 10.0 Å². The number of piperazine rings is 1. The number of carbonyl (C=O) groups excluding carboxylic acids is 1. The van der Waals surface area contributed by atoms with Gasteiger partial charge in [-0.3, -0.25) is 4.79 Å². The molecule has 0 unspecified atom stereocenters. The highest BCUT2D eigenvalue weighted by molar-refractivity contribution is 7.89. The number of hydrogen-bond donors (Lipinski definition) is 0. The number of nitrogens with zero attached hydrogens (tertiary/aromatic N) is 2. The summed E-state index contributed by atoms with van der Waals surface area (Å²) in [7, 11) is -3.28. The number of carbonyl (C=O) groups is 1. The molecule has 0 N–H and O–H groups in total. The third-order valence-electron chi connectivity index (χ3n) is 5.01. The van der Waals surface area contributed by atoms with Crippen molar-refractivity contribution in [3.05, 3.63) is 71.3 Å². The normalized spacial score (nSPS) is 15.7. The first-order valence-corrected chi connectivity index (χ1v) is 10.9. The van der Waals surface area contributed by atoms with Crippen LogP contribution in [0, 0.1) is 6.92 Å². The van der Waals surface area contributed by atoms with Gasteiger partial charge in [-0.15, -0.1) is 0 Å². The van der Waals surface area contributed by atoms with E-state index in [9.17, 15) is 13.2 Å². The lowest BCUT2D eigenvalue weighted by Crippen LogP contribution is -2.51. The highest BCUT2D eigenvalue weighted by atomic mass is 32.2. The predicted octanol–water partition coefficient (Wildman–Crippen LogP) is 2.72. The van der Waals surface area contributed by atoms with Gasteiger partial charge < -0.3 is 4.90 Å². The predicted molar refractivity (Wildman–Crippen MR) is 107 cm³/mol. The van der Waals surface area contributed by atoms with Crippen LogP contribution in [0.25, 0.3) is 0 Å². The van der Waals surface area contributed by atoms with Gasteiger partial charge in [0.25, 0.3) is 5.91 Å². The number of aryl methyl sites for hydroxylation is 2. The second kappa shape index (κ2) is 8.67. The molecule has 5 nitrogen and oxygen atoms in total. The minimum absolute atomic E-state index is 0.0192. The van der Waals surface area contributed by atoms with Crippen molar-refractivity contribution in [3.63, 3.8) is 0 Å². The van der Waals surface area contributed by atoms with Crippen molar-refractivity contribution < 1.29 is 13.2 Å². The van der Waals surface area contributed by atoms with Crippen molar-refractivity contribution in [1.82, 2.24) is 9.21 Å². The lowest BCUT2D eigenvalue weighted by Gasteiger charge is -2.34. The average molecular weight is 387 g/mol. The molecule has 1 aliphatic heterocycles. The summed E-state index contributed by atoms with van der Waals surface area (Å²) in [5.41, 5.74) is 2.79. The zero-order valence-electron chi connectivity index (χ0n) is 15.7. The SMILES string of the molecule is Cc1ccccc1C(=O)N1CCN(S(=O)(=O)CCCc2ccccc2)CC1. The van der Waals surface area contributed by atoms with Gasteiger partial charge in [-0.1, -0.05) is 48.5 Å². The van der Waals surface area contributed by atoms with Crippen LogP contribution in [0.4, 0.5) is 0 Å². The number of benzene rings is 2. The molecule has 6 heteroatoms. The maximum Gasteiger partial charge on any atom is 0.254 e. The lowest BCUT2D eigenvalue weighted by molar-refractivity contribution is 0.0697. The van der Waals surface area contributed by atoms with E-state index in [0.717, 1.165) is 17.5 Å². The number of rotatable bonds is 6. The second-order valence-corrected chi connectivity index (χ2v) is 9.00. The van der Waals surface area contributed by atoms with Gasteiger partial charge in [0, 0.05) is 31.7 Å². The maximum atomic E-state index is 12.7. The number of sulfonamides is 1. The van der Waals surface area contributed by atoms with E-state index in [2.05, 4.69) is 0 Å². The number of hydrogen-bond acceptors (Lipinski definition) is 3. The van der Waals surface area contributed by atoms with Crippen molar-refractivity contribution >= 4 is 15.9 Å². The molecule has 0 saturated carbocycles. The standard InChI is InChI=1S/C21H26N2O3S/c1-18-8-5-6-12-20(18)21(24)22-13-15-23(16-14-22)27(25,26)17-7-11-19-9-3-2-4-10-19/h2-6,8-10,12H,7,11,13-17H2,1H3. The molecule has 2 aromatic carbocycles. The highest BCUT2D eigenvalue weighted by Gasteiger charge is 2.29. The van der Waals surface area contributed by atoms with Crippen molar-refractivity contribution in [2.75, 3.05) is 31.9 Å². The molecule has 1 fully saturated rings. The van der Waals surface area contributed by atoms with E-state index in [1.807, 2.05) is 61.5 Å². The molecule has 1 heterocycles. The van der Waals surface area contributed by atoms with E-state index in [-0.39, 0.29) is 11.7 Å². The van der Waals surface area contributed by atoms with Crippen LogP contribution in [0.3, 0.4) is 0 Å². The third-order valence-corrected chi connectivity index (χ3v) is 6.96. The van der Waals surface area contributed by atoms with Crippen molar-refractivity contribution in [2.45, 2.75) is 19.8 Å². The second-order valence-electron chi connectivity index (χ2n) is 6.91. The van der Waals surface area contributed by atoms with Crippen LogP contribution >= 0.6 is 0 Å². The van der Waals surface area contributed by atoms with E-state index >= 15 is 0 Å². The Labute approximate surface area is 161 Å². The minimum atomic E-state index is -3.28. The zero-order valence-corrected chi connectivity index (χ0v) is 16.5. The fraction of sp³-hybridized carbons (Fsp3) is 0.381. The van der Waals surface area contributed by atoms with Gasteiger partial charge in [0.15, 0.2) is 0 Å². The Morgan fingerprint density at radius 3 is 2.22 bits per heavy atom. The molecule has 0 spiro atoms. The molecule has 2 aromatic rings. The summed E-state index contributed by atoms with van der Waals surface area (Å²) in [5, 5.41) is 0. The molecule has 1 amide bonds. The first-order chi connectivity index (χ1) is 13.0. The van der Waals surface area contributed by atoms with Crippen LogP contribution in [0.15, 0.2) is 54.6 Å². The van der Waals surface area contributed by atoms with Gasteiger partial charge >= 0.3 is 0 Å². The Balaban J connectivity index is 1.52. The Morgan fingerprint density at radius 2 is 1.56 bits per heavy atom. The minimum Gasteiger partial charge on any atom is -0.336 e. The molecular weight excluding hydrogens is 360 g/mol. The van der Waals surface area contributed by atoms with Gasteiger partial charge in [0.2, 0.25) is 10.0 Å². The average Bonchev–Trinajstić information content (AvgIpc) is 2.69. The van der Waals surface area contributed by atoms with Crippen molar-refractivity contribution in [2.24, 2.45) is 0 Å². The molecule has 0 aliphatic carbocycles. The lowest BCUT2D eigenvalue weighted by atomic mass is 10.1. The molecule has 0 atom stereocenters. The third kappa shape index (κ3) is 4.96. The Hall–Kier alpha value is -2.18.